The Kier molecular flexibility index (Phi) is 6.15. The van der Waals surface area contributed by atoms with Crippen molar-refractivity contribution in [2.24, 2.45) is 5.10 Å². The number of nitrogens with zero attached hydrogens (tertiary/aromatic N) is 2. The molecule has 156 valence electrons. The summed E-state index contributed by atoms with van der Waals surface area (Å²) in [6, 6.07) is 4.40. The minimum atomic E-state index is -0.482. The number of amides is 1. The number of hydrazone groups is 1. The third-order valence-corrected chi connectivity index (χ3v) is 5.82. The summed E-state index contributed by atoms with van der Waals surface area (Å²) in [7, 11) is 0. The van der Waals surface area contributed by atoms with Gasteiger partial charge in [0.15, 0.2) is 0 Å². The molecule has 2 aliphatic rings. The minimum absolute atomic E-state index is 0.203. The van der Waals surface area contributed by atoms with Crippen LogP contribution in [0.3, 0.4) is 0 Å². The van der Waals surface area contributed by atoms with Crippen LogP contribution in [0.1, 0.15) is 77.6 Å². The highest BCUT2D eigenvalue weighted by Gasteiger charge is 2.43. The second-order valence-electron chi connectivity index (χ2n) is 8.25. The number of aryl methyl sites for hydroxylation is 1. The maximum atomic E-state index is 13.0. The number of benzene rings is 1. The van der Waals surface area contributed by atoms with Gasteiger partial charge in [0.2, 0.25) is 5.91 Å². The van der Waals surface area contributed by atoms with Gasteiger partial charge in [0.25, 0.3) is 0 Å². The topological polar surface area (TPSA) is 60.5 Å². The van der Waals surface area contributed by atoms with Crippen molar-refractivity contribution >= 4 is 28.7 Å². The molecule has 1 aromatic heterocycles. The van der Waals surface area contributed by atoms with E-state index in [1.807, 2.05) is 45.0 Å². The van der Waals surface area contributed by atoms with Gasteiger partial charge in [0, 0.05) is 29.3 Å². The van der Waals surface area contributed by atoms with Crippen molar-refractivity contribution in [3.8, 4) is 0 Å². The first kappa shape index (κ1) is 21.2. The van der Waals surface area contributed by atoms with E-state index >= 15 is 0 Å². The average molecular weight is 395 g/mol. The number of H-pyrrole nitrogens is 1. The highest BCUT2D eigenvalue weighted by Crippen LogP contribution is 2.44. The Bertz CT molecular complexity index is 965. The molecule has 0 spiro atoms. The Morgan fingerprint density at radius 2 is 1.97 bits per heavy atom. The van der Waals surface area contributed by atoms with E-state index in [0.29, 0.717) is 0 Å². The van der Waals surface area contributed by atoms with Gasteiger partial charge < -0.3 is 9.88 Å². The van der Waals surface area contributed by atoms with E-state index in [1.54, 1.807) is 0 Å². The highest BCUT2D eigenvalue weighted by atomic mass is 16.2. The Hall–Kier alpha value is -2.56. The third kappa shape index (κ3) is 3.70. The number of aromatic amines is 1. The molecule has 0 fully saturated rings. The van der Waals surface area contributed by atoms with E-state index in [-0.39, 0.29) is 5.91 Å². The predicted molar refractivity (Wildman–Crippen MR) is 123 cm³/mol. The minimum Gasteiger partial charge on any atom is -0.353 e. The van der Waals surface area contributed by atoms with Crippen molar-refractivity contribution in [2.75, 3.05) is 11.4 Å². The van der Waals surface area contributed by atoms with Crippen molar-refractivity contribution in [1.29, 1.82) is 0 Å². The molecule has 0 aliphatic carbocycles. The molecule has 0 saturated carbocycles. The summed E-state index contributed by atoms with van der Waals surface area (Å²) in [6.07, 6.45) is 7.93. The molecule has 0 saturated heterocycles. The lowest BCUT2D eigenvalue weighted by molar-refractivity contribution is -0.122. The van der Waals surface area contributed by atoms with E-state index < -0.39 is 5.41 Å². The predicted octanol–water partition coefficient (Wildman–Crippen LogP) is 5.39. The van der Waals surface area contributed by atoms with E-state index in [9.17, 15) is 4.79 Å². The summed E-state index contributed by atoms with van der Waals surface area (Å²) in [5.74, 6) is 0.203. The second kappa shape index (κ2) is 8.44. The highest BCUT2D eigenvalue weighted by molar-refractivity contribution is 6.10. The van der Waals surface area contributed by atoms with Gasteiger partial charge in [-0.3, -0.25) is 10.2 Å². The number of rotatable bonds is 2. The molecular weight excluding hydrogens is 360 g/mol. The van der Waals surface area contributed by atoms with Crippen molar-refractivity contribution in [2.45, 2.75) is 72.6 Å². The van der Waals surface area contributed by atoms with E-state index in [2.05, 4.69) is 41.5 Å². The molecule has 0 unspecified atom stereocenters. The summed E-state index contributed by atoms with van der Waals surface area (Å²) in [4.78, 5) is 18.5. The van der Waals surface area contributed by atoms with E-state index in [4.69, 9.17) is 0 Å². The Balaban J connectivity index is 0.00000117. The van der Waals surface area contributed by atoms with Crippen LogP contribution in [0.2, 0.25) is 0 Å². The molecule has 2 aliphatic heterocycles. The molecule has 1 amide bonds. The van der Waals surface area contributed by atoms with Gasteiger partial charge >= 0.3 is 0 Å². The summed E-state index contributed by atoms with van der Waals surface area (Å²) < 4.78 is 0. The molecule has 0 bridgehead atoms. The van der Waals surface area contributed by atoms with Crippen molar-refractivity contribution in [3.05, 3.63) is 40.7 Å². The molecule has 5 nitrogen and oxygen atoms in total. The fourth-order valence-electron chi connectivity index (χ4n) is 4.28. The fourth-order valence-corrected chi connectivity index (χ4v) is 4.28. The summed E-state index contributed by atoms with van der Waals surface area (Å²) in [5.41, 5.74) is 9.46. The Morgan fingerprint density at radius 3 is 2.69 bits per heavy atom. The summed E-state index contributed by atoms with van der Waals surface area (Å²) >= 11 is 0. The second-order valence-corrected chi connectivity index (χ2v) is 8.25. The normalized spacial score (nSPS) is 20.7. The molecule has 2 N–H and O–H groups in total. The van der Waals surface area contributed by atoms with Crippen LogP contribution in [-0.2, 0) is 16.6 Å². The first-order valence-corrected chi connectivity index (χ1v) is 10.9. The Morgan fingerprint density at radius 1 is 1.21 bits per heavy atom. The van der Waals surface area contributed by atoms with Crippen LogP contribution in [0, 0.1) is 0 Å². The maximum absolute atomic E-state index is 13.0. The van der Waals surface area contributed by atoms with Gasteiger partial charge in [-0.1, -0.05) is 26.3 Å². The lowest BCUT2D eigenvalue weighted by Crippen LogP contribution is -2.36. The van der Waals surface area contributed by atoms with Gasteiger partial charge in [0.05, 0.1) is 17.3 Å². The van der Waals surface area contributed by atoms with Crippen LogP contribution in [0.4, 0.5) is 5.69 Å². The van der Waals surface area contributed by atoms with Crippen LogP contribution in [0.15, 0.2) is 29.0 Å². The molecule has 2 aromatic rings. The SMILES string of the molecule is CC.CCCN1C(=O)C(C)(C)c2cc3[nH]c4c(c3cc21)CCC/C(C)=C/N/N=C/4. The number of anilines is 1. The molecule has 0 atom stereocenters. The number of nitrogens with one attached hydrogen (secondary N) is 2. The zero-order chi connectivity index (χ0) is 21.2. The number of hydrogen-bond acceptors (Lipinski definition) is 3. The number of carbonyl (C=O) groups excluding carboxylic acids is 1. The summed E-state index contributed by atoms with van der Waals surface area (Å²) in [6.45, 7) is 13.1. The monoisotopic (exact) mass is 394 g/mol. The quantitative estimate of drug-likeness (QED) is 0.717. The molecule has 5 heteroatoms. The number of hydrogen-bond donors (Lipinski definition) is 2. The summed E-state index contributed by atoms with van der Waals surface area (Å²) in [5, 5.41) is 5.55. The number of allylic oxidation sites excluding steroid dienone is 1. The zero-order valence-electron chi connectivity index (χ0n) is 18.6. The first-order chi connectivity index (χ1) is 13.9. The zero-order valence-corrected chi connectivity index (χ0v) is 18.6. The fraction of sp³-hybridized carbons (Fsp3) is 0.500. The lowest BCUT2D eigenvalue weighted by Gasteiger charge is -2.19. The molecule has 1 aromatic carbocycles. The average Bonchev–Trinajstić information content (AvgIpc) is 3.14. The van der Waals surface area contributed by atoms with Gasteiger partial charge in [-0.25, -0.2) is 0 Å². The molecule has 4 rings (SSSR count). The number of fused-ring (bicyclic) bond motifs is 4. The van der Waals surface area contributed by atoms with Gasteiger partial charge in [-0.05, 0) is 69.7 Å². The smallest absolute Gasteiger partial charge is 0.237 e. The maximum Gasteiger partial charge on any atom is 0.237 e. The van der Waals surface area contributed by atoms with Crippen molar-refractivity contribution in [1.82, 2.24) is 10.4 Å². The first-order valence-electron chi connectivity index (χ1n) is 10.9. The van der Waals surface area contributed by atoms with Crippen LogP contribution >= 0.6 is 0 Å². The van der Waals surface area contributed by atoms with E-state index in [0.717, 1.165) is 54.7 Å². The van der Waals surface area contributed by atoms with Crippen LogP contribution < -0.4 is 10.3 Å². The van der Waals surface area contributed by atoms with Gasteiger partial charge in [0.1, 0.15) is 0 Å². The van der Waals surface area contributed by atoms with Crippen LogP contribution in [-0.4, -0.2) is 23.7 Å². The number of aromatic nitrogens is 1. The van der Waals surface area contributed by atoms with Gasteiger partial charge in [-0.15, -0.1) is 0 Å². The van der Waals surface area contributed by atoms with Crippen LogP contribution in [0.5, 0.6) is 0 Å². The van der Waals surface area contributed by atoms with Crippen LogP contribution in [0.25, 0.3) is 10.9 Å². The molecule has 29 heavy (non-hydrogen) atoms. The largest absolute Gasteiger partial charge is 0.353 e. The third-order valence-electron chi connectivity index (χ3n) is 5.82. The van der Waals surface area contributed by atoms with E-state index in [1.165, 1.54) is 16.5 Å². The van der Waals surface area contributed by atoms with Gasteiger partial charge in [-0.2, -0.15) is 5.10 Å². The number of carbonyl (C=O) groups is 1. The standard InChI is InChI=1S/C22H28N4O.C2H6/c1-5-9-26-20-10-16-15-8-6-7-14(2)12-23-24-13-19(15)25-18(16)11-17(20)22(3,4)21(26)27;1-2/h10-13,23,25H,5-9H2,1-4H3;1-2H3/b14-12+,24-13+;. The van der Waals surface area contributed by atoms with Crippen molar-refractivity contribution < 1.29 is 4.79 Å². The van der Waals surface area contributed by atoms with Crippen molar-refractivity contribution in [3.63, 3.8) is 0 Å². The molecule has 3 heterocycles. The lowest BCUT2D eigenvalue weighted by atomic mass is 9.85. The molecule has 0 radical (unpaired) electrons. The Labute approximate surface area is 174 Å². The molecular formula is C24H34N4O.